The molecule has 0 radical (unpaired) electrons. The number of aliphatic hydroxyl groups is 1. The first kappa shape index (κ1) is 17.0. The number of fused-ring (bicyclic) bond motifs is 3. The standard InChI is InChI=1S/C20H24BrN3O/c1-22-8-10-23(11-9-22)13-16(25)14-24-19-5-3-2-4-17(19)18-12-15(21)6-7-20(18)24/h2-7,12,16,25H,8-11,13-14H2,1H3. The highest BCUT2D eigenvalue weighted by Gasteiger charge is 2.19. The van der Waals surface area contributed by atoms with Crippen molar-refractivity contribution in [3.05, 3.63) is 46.9 Å². The number of aromatic nitrogens is 1. The third kappa shape index (κ3) is 3.47. The van der Waals surface area contributed by atoms with Gasteiger partial charge in [-0.1, -0.05) is 34.1 Å². The molecule has 4 rings (SSSR count). The molecule has 1 aliphatic heterocycles. The van der Waals surface area contributed by atoms with E-state index in [-0.39, 0.29) is 6.10 Å². The lowest BCUT2D eigenvalue weighted by molar-refractivity contribution is 0.0723. The Morgan fingerprint density at radius 2 is 1.68 bits per heavy atom. The molecule has 0 bridgehead atoms. The molecule has 1 N–H and O–H groups in total. The number of benzene rings is 2. The Labute approximate surface area is 156 Å². The maximum absolute atomic E-state index is 10.7. The van der Waals surface area contributed by atoms with E-state index in [2.05, 4.69) is 79.8 Å². The summed E-state index contributed by atoms with van der Waals surface area (Å²) >= 11 is 3.58. The molecule has 0 spiro atoms. The maximum Gasteiger partial charge on any atom is 0.0845 e. The number of rotatable bonds is 4. The number of likely N-dealkylation sites (N-methyl/N-ethyl adjacent to an activating group) is 1. The second-order valence-electron chi connectivity index (χ2n) is 7.05. The predicted molar refractivity (Wildman–Crippen MR) is 107 cm³/mol. The molecule has 1 aliphatic rings. The first-order valence-electron chi connectivity index (χ1n) is 8.87. The molecule has 3 aromatic rings. The van der Waals surface area contributed by atoms with Crippen molar-refractivity contribution in [3.63, 3.8) is 0 Å². The van der Waals surface area contributed by atoms with Crippen LogP contribution in [0.15, 0.2) is 46.9 Å². The van der Waals surface area contributed by atoms with Crippen molar-refractivity contribution < 1.29 is 5.11 Å². The summed E-state index contributed by atoms with van der Waals surface area (Å²) in [6, 6.07) is 14.8. The number of nitrogens with zero attached hydrogens (tertiary/aromatic N) is 3. The Kier molecular flexibility index (Phi) is 4.82. The number of hydrogen-bond acceptors (Lipinski definition) is 3. The van der Waals surface area contributed by atoms with Gasteiger partial charge in [0.25, 0.3) is 0 Å². The van der Waals surface area contributed by atoms with Gasteiger partial charge in [0.1, 0.15) is 0 Å². The van der Waals surface area contributed by atoms with Crippen LogP contribution in [0, 0.1) is 0 Å². The second-order valence-corrected chi connectivity index (χ2v) is 7.96. The fraction of sp³-hybridized carbons (Fsp3) is 0.400. The lowest BCUT2D eigenvalue weighted by Gasteiger charge is -2.33. The van der Waals surface area contributed by atoms with Crippen molar-refractivity contribution in [3.8, 4) is 0 Å². The number of β-amino-alcohol motifs (C(OH)–C–C–N with tert-alkyl or cyclic N) is 1. The number of hydrogen-bond donors (Lipinski definition) is 1. The monoisotopic (exact) mass is 401 g/mol. The third-order valence-corrected chi connectivity index (χ3v) is 5.69. The number of aliphatic hydroxyl groups excluding tert-OH is 1. The summed E-state index contributed by atoms with van der Waals surface area (Å²) in [5.74, 6) is 0. The summed E-state index contributed by atoms with van der Waals surface area (Å²) in [5.41, 5.74) is 2.37. The van der Waals surface area contributed by atoms with Crippen molar-refractivity contribution in [2.24, 2.45) is 0 Å². The van der Waals surface area contributed by atoms with Crippen molar-refractivity contribution in [2.75, 3.05) is 39.8 Å². The maximum atomic E-state index is 10.7. The van der Waals surface area contributed by atoms with Crippen LogP contribution in [0.4, 0.5) is 0 Å². The molecule has 1 saturated heterocycles. The molecule has 1 aromatic heterocycles. The summed E-state index contributed by atoms with van der Waals surface area (Å²) in [5, 5.41) is 13.2. The van der Waals surface area contributed by atoms with Gasteiger partial charge in [0.2, 0.25) is 0 Å². The van der Waals surface area contributed by atoms with Crippen LogP contribution >= 0.6 is 15.9 Å². The highest BCUT2D eigenvalue weighted by atomic mass is 79.9. The quantitative estimate of drug-likeness (QED) is 0.728. The van der Waals surface area contributed by atoms with Crippen LogP contribution in [-0.2, 0) is 6.54 Å². The van der Waals surface area contributed by atoms with Gasteiger partial charge in [0.05, 0.1) is 12.6 Å². The highest BCUT2D eigenvalue weighted by molar-refractivity contribution is 9.10. The van der Waals surface area contributed by atoms with Gasteiger partial charge in [-0.15, -0.1) is 0 Å². The summed E-state index contributed by atoms with van der Waals surface area (Å²) in [6.07, 6.45) is -0.369. The van der Waals surface area contributed by atoms with E-state index in [0.717, 1.165) is 37.2 Å². The smallest absolute Gasteiger partial charge is 0.0845 e. The molecular formula is C20H24BrN3O. The predicted octanol–water partition coefficient (Wildman–Crippen LogP) is 3.17. The molecular weight excluding hydrogens is 378 g/mol. The molecule has 1 atom stereocenters. The zero-order valence-electron chi connectivity index (χ0n) is 14.5. The molecule has 4 nitrogen and oxygen atoms in total. The van der Waals surface area contributed by atoms with Crippen molar-refractivity contribution in [1.82, 2.24) is 14.4 Å². The zero-order chi connectivity index (χ0) is 17.4. The molecule has 0 amide bonds. The van der Waals surface area contributed by atoms with Gasteiger partial charge in [0, 0.05) is 59.0 Å². The Morgan fingerprint density at radius 1 is 0.960 bits per heavy atom. The summed E-state index contributed by atoms with van der Waals surface area (Å²) in [6.45, 7) is 5.59. The van der Waals surface area contributed by atoms with Crippen molar-refractivity contribution in [1.29, 1.82) is 0 Å². The van der Waals surface area contributed by atoms with E-state index < -0.39 is 0 Å². The van der Waals surface area contributed by atoms with Gasteiger partial charge in [-0.3, -0.25) is 4.90 Å². The van der Waals surface area contributed by atoms with Crippen LogP contribution in [0.1, 0.15) is 0 Å². The van der Waals surface area contributed by atoms with Crippen molar-refractivity contribution >= 4 is 37.7 Å². The number of halogens is 1. The Morgan fingerprint density at radius 3 is 2.48 bits per heavy atom. The van der Waals surface area contributed by atoms with Gasteiger partial charge in [-0.25, -0.2) is 0 Å². The minimum absolute atomic E-state index is 0.369. The molecule has 132 valence electrons. The largest absolute Gasteiger partial charge is 0.390 e. The fourth-order valence-corrected chi connectivity index (χ4v) is 4.18. The minimum atomic E-state index is -0.369. The van der Waals surface area contributed by atoms with Crippen LogP contribution in [0.2, 0.25) is 0 Å². The van der Waals surface area contributed by atoms with Crippen LogP contribution in [0.3, 0.4) is 0 Å². The first-order chi connectivity index (χ1) is 12.1. The van der Waals surface area contributed by atoms with Crippen LogP contribution in [0.5, 0.6) is 0 Å². The lowest BCUT2D eigenvalue weighted by Crippen LogP contribution is -2.47. The van der Waals surface area contributed by atoms with E-state index in [0.29, 0.717) is 6.54 Å². The van der Waals surface area contributed by atoms with E-state index >= 15 is 0 Å². The Bertz CT molecular complexity index is 883. The summed E-state index contributed by atoms with van der Waals surface area (Å²) in [4.78, 5) is 4.71. The molecule has 0 aliphatic carbocycles. The number of para-hydroxylation sites is 1. The average Bonchev–Trinajstić information content (AvgIpc) is 2.91. The Hall–Kier alpha value is -1.40. The van der Waals surface area contributed by atoms with Crippen molar-refractivity contribution in [2.45, 2.75) is 12.6 Å². The van der Waals surface area contributed by atoms with E-state index in [1.165, 1.54) is 21.8 Å². The fourth-order valence-electron chi connectivity index (χ4n) is 3.82. The first-order valence-corrected chi connectivity index (χ1v) is 9.66. The van der Waals surface area contributed by atoms with E-state index in [1.54, 1.807) is 0 Å². The molecule has 1 unspecified atom stereocenters. The average molecular weight is 402 g/mol. The summed E-state index contributed by atoms with van der Waals surface area (Å²) < 4.78 is 3.35. The second kappa shape index (κ2) is 7.08. The minimum Gasteiger partial charge on any atom is -0.390 e. The highest BCUT2D eigenvalue weighted by Crippen LogP contribution is 2.31. The summed E-state index contributed by atoms with van der Waals surface area (Å²) in [7, 11) is 2.16. The van der Waals surface area contributed by atoms with Crippen LogP contribution in [0.25, 0.3) is 21.8 Å². The van der Waals surface area contributed by atoms with Gasteiger partial charge >= 0.3 is 0 Å². The molecule has 0 saturated carbocycles. The molecule has 2 aromatic carbocycles. The zero-order valence-corrected chi connectivity index (χ0v) is 16.1. The molecule has 1 fully saturated rings. The van der Waals surface area contributed by atoms with Crippen LogP contribution < -0.4 is 0 Å². The normalized spacial score (nSPS) is 18.2. The molecule has 5 heteroatoms. The van der Waals surface area contributed by atoms with Gasteiger partial charge in [-0.2, -0.15) is 0 Å². The van der Waals surface area contributed by atoms with Crippen LogP contribution in [-0.4, -0.2) is 65.3 Å². The van der Waals surface area contributed by atoms with E-state index in [4.69, 9.17) is 0 Å². The van der Waals surface area contributed by atoms with Gasteiger partial charge < -0.3 is 14.6 Å². The lowest BCUT2D eigenvalue weighted by atomic mass is 10.2. The topological polar surface area (TPSA) is 31.6 Å². The van der Waals surface area contributed by atoms with E-state index in [1.807, 2.05) is 0 Å². The number of piperazine rings is 1. The molecule has 25 heavy (non-hydrogen) atoms. The third-order valence-electron chi connectivity index (χ3n) is 5.19. The molecule has 2 heterocycles. The van der Waals surface area contributed by atoms with E-state index in [9.17, 15) is 5.11 Å². The SMILES string of the molecule is CN1CCN(CC(O)Cn2c3ccccc3c3cc(Br)ccc32)CC1. The van der Waals surface area contributed by atoms with Gasteiger partial charge in [-0.05, 0) is 31.3 Å². The van der Waals surface area contributed by atoms with Gasteiger partial charge in [0.15, 0.2) is 0 Å². The Balaban J connectivity index is 1.61.